The lowest BCUT2D eigenvalue weighted by Crippen LogP contribution is -2.51. The highest BCUT2D eigenvalue weighted by Crippen LogP contribution is 2.25. The van der Waals surface area contributed by atoms with E-state index in [0.717, 1.165) is 12.8 Å². The van der Waals surface area contributed by atoms with Crippen LogP contribution in [0, 0.1) is 0 Å². The molecule has 2 N–H and O–H groups in total. The highest BCUT2D eigenvalue weighted by atomic mass is 19.3. The van der Waals surface area contributed by atoms with Gasteiger partial charge in [-0.05, 0) is 49.2 Å². The number of nitrogens with one attached hydrogen (secondary N) is 2. The summed E-state index contributed by atoms with van der Waals surface area (Å²) < 4.78 is 29.0. The number of alkyl halides is 2. The van der Waals surface area contributed by atoms with Gasteiger partial charge in [-0.1, -0.05) is 12.1 Å². The molecule has 0 radical (unpaired) electrons. The standard InChI is InChI=1S/C23H26F2N4O3/c24-23(25)32-18-9-7-16(8-10-18)26-20-4-2-1-3-19(20)22(31)29-13-11-28(12-14-29)15-21(30)27-17-5-6-17/h1-4,7-10,17,23,26H,5-6,11-15H2,(H,27,30). The molecular formula is C23H26F2N4O3. The monoisotopic (exact) mass is 444 g/mol. The maximum absolute atomic E-state index is 13.2. The van der Waals surface area contributed by atoms with E-state index in [1.165, 1.54) is 12.1 Å². The van der Waals surface area contributed by atoms with Gasteiger partial charge < -0.3 is 20.3 Å². The van der Waals surface area contributed by atoms with Crippen molar-refractivity contribution in [2.45, 2.75) is 25.5 Å². The summed E-state index contributed by atoms with van der Waals surface area (Å²) in [5.41, 5.74) is 1.81. The van der Waals surface area contributed by atoms with Gasteiger partial charge in [0, 0.05) is 37.9 Å². The smallest absolute Gasteiger partial charge is 0.387 e. The molecule has 2 aromatic carbocycles. The Balaban J connectivity index is 1.34. The Bertz CT molecular complexity index is 943. The maximum Gasteiger partial charge on any atom is 0.387 e. The molecule has 0 spiro atoms. The average molecular weight is 444 g/mol. The lowest BCUT2D eigenvalue weighted by Gasteiger charge is -2.34. The number of hydrogen-bond acceptors (Lipinski definition) is 5. The molecule has 1 saturated heterocycles. The van der Waals surface area contributed by atoms with Crippen LogP contribution in [-0.2, 0) is 4.79 Å². The Labute approximate surface area is 185 Å². The molecule has 2 amide bonds. The number of anilines is 2. The quantitative estimate of drug-likeness (QED) is 0.655. The first-order valence-corrected chi connectivity index (χ1v) is 10.7. The molecule has 0 bridgehead atoms. The molecule has 32 heavy (non-hydrogen) atoms. The number of ether oxygens (including phenoxy) is 1. The summed E-state index contributed by atoms with van der Waals surface area (Å²) in [5, 5.41) is 6.17. The Hall–Kier alpha value is -3.20. The zero-order valence-corrected chi connectivity index (χ0v) is 17.6. The first-order valence-electron chi connectivity index (χ1n) is 10.7. The van der Waals surface area contributed by atoms with Gasteiger partial charge >= 0.3 is 6.61 Å². The molecule has 7 nitrogen and oxygen atoms in total. The van der Waals surface area contributed by atoms with E-state index in [0.29, 0.717) is 55.7 Å². The summed E-state index contributed by atoms with van der Waals surface area (Å²) >= 11 is 0. The zero-order chi connectivity index (χ0) is 22.5. The second-order valence-electron chi connectivity index (χ2n) is 7.98. The number of carbonyl (C=O) groups is 2. The Kier molecular flexibility index (Phi) is 6.84. The highest BCUT2D eigenvalue weighted by molar-refractivity contribution is 6.00. The van der Waals surface area contributed by atoms with Crippen LogP contribution in [0.5, 0.6) is 5.75 Å². The number of carbonyl (C=O) groups excluding carboxylic acids is 2. The van der Waals surface area contributed by atoms with Crippen molar-refractivity contribution >= 4 is 23.2 Å². The molecule has 0 aromatic heterocycles. The molecule has 9 heteroatoms. The van der Waals surface area contributed by atoms with E-state index < -0.39 is 6.61 Å². The van der Waals surface area contributed by atoms with Gasteiger partial charge in [-0.15, -0.1) is 0 Å². The lowest BCUT2D eigenvalue weighted by atomic mass is 10.1. The lowest BCUT2D eigenvalue weighted by molar-refractivity contribution is -0.122. The minimum absolute atomic E-state index is 0.0480. The molecule has 1 saturated carbocycles. The molecule has 170 valence electrons. The second kappa shape index (κ2) is 9.95. The molecule has 2 fully saturated rings. The first kappa shape index (κ1) is 22.0. The van der Waals surface area contributed by atoms with E-state index in [2.05, 4.69) is 20.3 Å². The normalized spacial score (nSPS) is 16.7. The summed E-state index contributed by atoms with van der Waals surface area (Å²) in [6.45, 7) is -0.134. The van der Waals surface area contributed by atoms with Gasteiger partial charge in [0.05, 0.1) is 17.8 Å². The van der Waals surface area contributed by atoms with Crippen molar-refractivity contribution in [3.05, 3.63) is 54.1 Å². The molecule has 4 rings (SSSR count). The van der Waals surface area contributed by atoms with Gasteiger partial charge in [-0.2, -0.15) is 8.78 Å². The van der Waals surface area contributed by atoms with Crippen LogP contribution in [0.2, 0.25) is 0 Å². The van der Waals surface area contributed by atoms with E-state index in [4.69, 9.17) is 0 Å². The number of rotatable bonds is 8. The van der Waals surface area contributed by atoms with Gasteiger partial charge in [0.2, 0.25) is 5.91 Å². The fraction of sp³-hybridized carbons (Fsp3) is 0.391. The minimum atomic E-state index is -2.87. The third kappa shape index (κ3) is 5.94. The van der Waals surface area contributed by atoms with Crippen molar-refractivity contribution in [3.63, 3.8) is 0 Å². The van der Waals surface area contributed by atoms with Gasteiger partial charge in [0.1, 0.15) is 5.75 Å². The SMILES string of the molecule is O=C(CN1CCN(C(=O)c2ccccc2Nc2ccc(OC(F)F)cc2)CC1)NC1CC1. The first-order chi connectivity index (χ1) is 15.5. The predicted octanol–water partition coefficient (Wildman–Crippen LogP) is 3.07. The summed E-state index contributed by atoms with van der Waals surface area (Å²) in [5.74, 6) is 0.0261. The number of para-hydroxylation sites is 1. The van der Waals surface area contributed by atoms with E-state index >= 15 is 0 Å². The molecule has 2 aromatic rings. The van der Waals surface area contributed by atoms with Gasteiger partial charge in [-0.25, -0.2) is 0 Å². The second-order valence-corrected chi connectivity index (χ2v) is 7.98. The van der Waals surface area contributed by atoms with Gasteiger partial charge in [-0.3, -0.25) is 14.5 Å². The summed E-state index contributed by atoms with van der Waals surface area (Å²) in [7, 11) is 0. The third-order valence-corrected chi connectivity index (χ3v) is 5.49. The molecule has 2 aliphatic rings. The van der Waals surface area contributed by atoms with Crippen LogP contribution in [-0.4, -0.2) is 67.0 Å². The van der Waals surface area contributed by atoms with Crippen LogP contribution in [0.1, 0.15) is 23.2 Å². The van der Waals surface area contributed by atoms with E-state index in [9.17, 15) is 18.4 Å². The van der Waals surface area contributed by atoms with Crippen molar-refractivity contribution in [3.8, 4) is 5.75 Å². The van der Waals surface area contributed by atoms with E-state index in [1.54, 1.807) is 35.2 Å². The minimum Gasteiger partial charge on any atom is -0.435 e. The number of amides is 2. The summed E-state index contributed by atoms with van der Waals surface area (Å²) in [6.07, 6.45) is 2.13. The molecule has 1 aliphatic carbocycles. The predicted molar refractivity (Wildman–Crippen MR) is 116 cm³/mol. The van der Waals surface area contributed by atoms with Crippen LogP contribution in [0.3, 0.4) is 0 Å². The zero-order valence-electron chi connectivity index (χ0n) is 17.6. The van der Waals surface area contributed by atoms with Crippen molar-refractivity contribution in [1.82, 2.24) is 15.1 Å². The molecule has 0 atom stereocenters. The van der Waals surface area contributed by atoms with Crippen LogP contribution in [0.4, 0.5) is 20.2 Å². The number of piperazine rings is 1. The van der Waals surface area contributed by atoms with Gasteiger partial charge in [0.25, 0.3) is 5.91 Å². The van der Waals surface area contributed by atoms with Crippen molar-refractivity contribution < 1.29 is 23.1 Å². The third-order valence-electron chi connectivity index (χ3n) is 5.49. The topological polar surface area (TPSA) is 73.9 Å². The van der Waals surface area contributed by atoms with Crippen LogP contribution >= 0.6 is 0 Å². The number of nitrogens with zero attached hydrogens (tertiary/aromatic N) is 2. The average Bonchev–Trinajstić information content (AvgIpc) is 3.59. The molecule has 1 heterocycles. The Morgan fingerprint density at radius 2 is 1.69 bits per heavy atom. The number of halogens is 2. The molecular weight excluding hydrogens is 418 g/mol. The fourth-order valence-electron chi connectivity index (χ4n) is 3.64. The summed E-state index contributed by atoms with van der Waals surface area (Å²) in [4.78, 5) is 29.0. The maximum atomic E-state index is 13.2. The fourth-order valence-corrected chi connectivity index (χ4v) is 3.64. The van der Waals surface area contributed by atoms with Crippen molar-refractivity contribution in [2.24, 2.45) is 0 Å². The molecule has 0 unspecified atom stereocenters. The molecule has 1 aliphatic heterocycles. The van der Waals surface area contributed by atoms with Crippen LogP contribution < -0.4 is 15.4 Å². The Morgan fingerprint density at radius 3 is 2.34 bits per heavy atom. The van der Waals surface area contributed by atoms with E-state index in [1.807, 2.05) is 6.07 Å². The number of benzene rings is 2. The largest absolute Gasteiger partial charge is 0.435 e. The van der Waals surface area contributed by atoms with Gasteiger partial charge in [0.15, 0.2) is 0 Å². The van der Waals surface area contributed by atoms with Crippen LogP contribution in [0.25, 0.3) is 0 Å². The number of hydrogen-bond donors (Lipinski definition) is 2. The van der Waals surface area contributed by atoms with Crippen LogP contribution in [0.15, 0.2) is 48.5 Å². The Morgan fingerprint density at radius 1 is 1.00 bits per heavy atom. The van der Waals surface area contributed by atoms with Crippen molar-refractivity contribution in [1.29, 1.82) is 0 Å². The van der Waals surface area contributed by atoms with Crippen molar-refractivity contribution in [2.75, 3.05) is 38.0 Å². The van der Waals surface area contributed by atoms with E-state index in [-0.39, 0.29) is 17.6 Å². The highest BCUT2D eigenvalue weighted by Gasteiger charge is 2.27. The summed E-state index contributed by atoms with van der Waals surface area (Å²) in [6, 6.07) is 13.6.